The third kappa shape index (κ3) is 3.94. The summed E-state index contributed by atoms with van der Waals surface area (Å²) in [6.07, 6.45) is -4.44. The number of benzene rings is 1. The summed E-state index contributed by atoms with van der Waals surface area (Å²) in [5.41, 5.74) is 1.23. The van der Waals surface area contributed by atoms with E-state index in [1.54, 1.807) is 0 Å². The first-order valence-corrected chi connectivity index (χ1v) is 8.02. The molecule has 128 valence electrons. The van der Waals surface area contributed by atoms with Gasteiger partial charge in [0.05, 0.1) is 16.8 Å². The quantitative estimate of drug-likeness (QED) is 0.720. The largest absolute Gasteiger partial charge is 0.416 e. The molecule has 0 unspecified atom stereocenters. The molecule has 2 heterocycles. The molecule has 0 saturated heterocycles. The number of nitrogens with one attached hydrogen (secondary N) is 1. The van der Waals surface area contributed by atoms with Crippen LogP contribution in [0.4, 0.5) is 19.0 Å². The van der Waals surface area contributed by atoms with Gasteiger partial charge in [0.1, 0.15) is 4.34 Å². The second kappa shape index (κ2) is 6.77. The summed E-state index contributed by atoms with van der Waals surface area (Å²) in [6, 6.07) is 7.63. The zero-order valence-corrected chi connectivity index (χ0v) is 13.8. The van der Waals surface area contributed by atoms with Crippen LogP contribution in [0, 0.1) is 0 Å². The Morgan fingerprint density at radius 3 is 2.56 bits per heavy atom. The second-order valence-electron chi connectivity index (χ2n) is 4.81. The van der Waals surface area contributed by atoms with Gasteiger partial charge >= 0.3 is 6.18 Å². The minimum absolute atomic E-state index is 0.0652. The number of carbonyl (C=O) groups is 1. The topological polar surface area (TPSA) is 67.8 Å². The van der Waals surface area contributed by atoms with Crippen molar-refractivity contribution in [2.24, 2.45) is 0 Å². The van der Waals surface area contributed by atoms with Crippen LogP contribution in [-0.2, 0) is 6.18 Å². The maximum absolute atomic E-state index is 12.8. The molecule has 0 radical (unpaired) electrons. The SMILES string of the molecule is O=C(Nc1ccc(-c2cccc(C(F)(F)F)c2)nn1)c1ncsc1Cl. The summed E-state index contributed by atoms with van der Waals surface area (Å²) in [5, 5.41) is 10.1. The lowest BCUT2D eigenvalue weighted by molar-refractivity contribution is -0.137. The Morgan fingerprint density at radius 1 is 1.16 bits per heavy atom. The van der Waals surface area contributed by atoms with Crippen LogP contribution in [0.2, 0.25) is 4.34 Å². The van der Waals surface area contributed by atoms with Gasteiger partial charge in [0.25, 0.3) is 5.91 Å². The molecule has 2 aromatic heterocycles. The van der Waals surface area contributed by atoms with Crippen LogP contribution in [0.3, 0.4) is 0 Å². The maximum Gasteiger partial charge on any atom is 0.416 e. The van der Waals surface area contributed by atoms with Crippen LogP contribution in [-0.4, -0.2) is 21.1 Å². The minimum atomic E-state index is -4.44. The van der Waals surface area contributed by atoms with Crippen molar-refractivity contribution in [1.29, 1.82) is 0 Å². The number of anilines is 1. The monoisotopic (exact) mass is 384 g/mol. The van der Waals surface area contributed by atoms with Gasteiger partial charge in [-0.05, 0) is 24.3 Å². The molecular weight excluding hydrogens is 377 g/mol. The third-order valence-corrected chi connectivity index (χ3v) is 4.19. The molecule has 0 spiro atoms. The van der Waals surface area contributed by atoms with Gasteiger partial charge in [-0.25, -0.2) is 4.98 Å². The van der Waals surface area contributed by atoms with Crippen molar-refractivity contribution in [2.75, 3.05) is 5.32 Å². The molecule has 3 aromatic rings. The van der Waals surface area contributed by atoms with Crippen LogP contribution in [0.5, 0.6) is 0 Å². The highest BCUT2D eigenvalue weighted by atomic mass is 35.5. The molecule has 10 heteroatoms. The average Bonchev–Trinajstić information content (AvgIpc) is 3.01. The molecule has 0 fully saturated rings. The van der Waals surface area contributed by atoms with Crippen LogP contribution < -0.4 is 5.32 Å². The van der Waals surface area contributed by atoms with E-state index in [9.17, 15) is 18.0 Å². The van der Waals surface area contributed by atoms with E-state index in [4.69, 9.17) is 11.6 Å². The van der Waals surface area contributed by atoms with E-state index >= 15 is 0 Å². The predicted molar refractivity (Wildman–Crippen MR) is 87.5 cm³/mol. The standard InChI is InChI=1S/C15H8ClF3N4OS/c16-13-12(20-7-25-13)14(24)21-11-5-4-10(22-23-11)8-2-1-3-9(6-8)15(17,18)19/h1-7H,(H,21,23,24). The van der Waals surface area contributed by atoms with Crippen molar-refractivity contribution in [3.8, 4) is 11.3 Å². The maximum atomic E-state index is 12.8. The van der Waals surface area contributed by atoms with E-state index in [0.29, 0.717) is 0 Å². The fourth-order valence-electron chi connectivity index (χ4n) is 1.96. The summed E-state index contributed by atoms with van der Waals surface area (Å²) in [7, 11) is 0. The Kier molecular flexibility index (Phi) is 4.69. The Hall–Kier alpha value is -2.52. The number of carbonyl (C=O) groups excluding carboxylic acids is 1. The normalized spacial score (nSPS) is 11.4. The molecule has 1 amide bonds. The van der Waals surface area contributed by atoms with Crippen molar-refractivity contribution >= 4 is 34.7 Å². The Bertz CT molecular complexity index is 912. The van der Waals surface area contributed by atoms with Gasteiger partial charge in [0.15, 0.2) is 11.5 Å². The molecule has 5 nitrogen and oxygen atoms in total. The van der Waals surface area contributed by atoms with Crippen molar-refractivity contribution in [1.82, 2.24) is 15.2 Å². The Morgan fingerprint density at radius 2 is 1.96 bits per heavy atom. The molecule has 0 saturated carbocycles. The summed E-state index contributed by atoms with van der Waals surface area (Å²) in [4.78, 5) is 15.8. The predicted octanol–water partition coefficient (Wildman–Crippen LogP) is 4.52. The number of hydrogen-bond donors (Lipinski definition) is 1. The first-order valence-electron chi connectivity index (χ1n) is 6.76. The van der Waals surface area contributed by atoms with Crippen LogP contribution >= 0.6 is 22.9 Å². The first kappa shape index (κ1) is 17.3. The van der Waals surface area contributed by atoms with E-state index in [0.717, 1.165) is 23.5 Å². The average molecular weight is 385 g/mol. The molecule has 0 aliphatic carbocycles. The minimum Gasteiger partial charge on any atom is -0.304 e. The fraction of sp³-hybridized carbons (Fsp3) is 0.0667. The van der Waals surface area contributed by atoms with Crippen molar-refractivity contribution in [3.63, 3.8) is 0 Å². The lowest BCUT2D eigenvalue weighted by Crippen LogP contribution is -2.14. The highest BCUT2D eigenvalue weighted by Crippen LogP contribution is 2.31. The molecule has 1 aromatic carbocycles. The van der Waals surface area contributed by atoms with E-state index in [2.05, 4.69) is 20.5 Å². The van der Waals surface area contributed by atoms with Gasteiger partial charge in [-0.1, -0.05) is 23.7 Å². The number of rotatable bonds is 3. The van der Waals surface area contributed by atoms with E-state index < -0.39 is 17.6 Å². The number of amides is 1. The first-order chi connectivity index (χ1) is 11.8. The van der Waals surface area contributed by atoms with Crippen LogP contribution in [0.25, 0.3) is 11.3 Å². The highest BCUT2D eigenvalue weighted by Gasteiger charge is 2.30. The van der Waals surface area contributed by atoms with Gasteiger partial charge < -0.3 is 5.32 Å². The molecule has 0 aliphatic heterocycles. The van der Waals surface area contributed by atoms with Crippen LogP contribution in [0.15, 0.2) is 41.9 Å². The highest BCUT2D eigenvalue weighted by molar-refractivity contribution is 7.14. The van der Waals surface area contributed by atoms with E-state index in [1.807, 2.05) is 0 Å². The zero-order valence-electron chi connectivity index (χ0n) is 12.2. The molecule has 0 atom stereocenters. The number of alkyl halides is 3. The van der Waals surface area contributed by atoms with Crippen molar-refractivity contribution in [3.05, 3.63) is 57.5 Å². The molecular formula is C15H8ClF3N4OS. The number of thiazole rings is 1. The lowest BCUT2D eigenvalue weighted by atomic mass is 10.1. The Balaban J connectivity index is 1.79. The number of aromatic nitrogens is 3. The number of nitrogens with zero attached hydrogens (tertiary/aromatic N) is 3. The number of halogens is 4. The zero-order chi connectivity index (χ0) is 18.0. The second-order valence-corrected chi connectivity index (χ2v) is 6.27. The van der Waals surface area contributed by atoms with Gasteiger partial charge in [-0.3, -0.25) is 4.79 Å². The summed E-state index contributed by atoms with van der Waals surface area (Å²) >= 11 is 6.94. The molecule has 0 bridgehead atoms. The number of hydrogen-bond acceptors (Lipinski definition) is 5. The van der Waals surface area contributed by atoms with E-state index in [-0.39, 0.29) is 27.1 Å². The summed E-state index contributed by atoms with van der Waals surface area (Å²) in [6.45, 7) is 0. The van der Waals surface area contributed by atoms with Crippen molar-refractivity contribution < 1.29 is 18.0 Å². The van der Waals surface area contributed by atoms with E-state index in [1.165, 1.54) is 29.8 Å². The smallest absolute Gasteiger partial charge is 0.304 e. The Labute approximate surface area is 148 Å². The third-order valence-electron chi connectivity index (χ3n) is 3.13. The summed E-state index contributed by atoms with van der Waals surface area (Å²) < 4.78 is 38.5. The van der Waals surface area contributed by atoms with Gasteiger partial charge in [-0.15, -0.1) is 21.5 Å². The lowest BCUT2D eigenvalue weighted by Gasteiger charge is -2.08. The molecule has 0 aliphatic rings. The van der Waals surface area contributed by atoms with Gasteiger partial charge in [-0.2, -0.15) is 13.2 Å². The fourth-order valence-corrected chi connectivity index (χ4v) is 2.72. The molecule has 1 N–H and O–H groups in total. The van der Waals surface area contributed by atoms with Crippen LogP contribution in [0.1, 0.15) is 16.1 Å². The van der Waals surface area contributed by atoms with Gasteiger partial charge in [0, 0.05) is 5.56 Å². The van der Waals surface area contributed by atoms with Crippen molar-refractivity contribution in [2.45, 2.75) is 6.18 Å². The molecule has 3 rings (SSSR count). The summed E-state index contributed by atoms with van der Waals surface area (Å²) in [5.74, 6) is -0.419. The molecule has 25 heavy (non-hydrogen) atoms. The van der Waals surface area contributed by atoms with Gasteiger partial charge in [0.2, 0.25) is 0 Å².